The van der Waals surface area contributed by atoms with E-state index in [1.807, 2.05) is 18.2 Å². The molecule has 2 heterocycles. The molecule has 3 rings (SSSR count). The first-order chi connectivity index (χ1) is 12.5. The fourth-order valence-corrected chi connectivity index (χ4v) is 3.02. The molecule has 0 fully saturated rings. The molecule has 1 aromatic carbocycles. The highest BCUT2D eigenvalue weighted by atomic mass is 16.5. The maximum absolute atomic E-state index is 12.4. The fourth-order valence-electron chi connectivity index (χ4n) is 3.02. The summed E-state index contributed by atoms with van der Waals surface area (Å²) in [5, 5.41) is 11.8. The van der Waals surface area contributed by atoms with Gasteiger partial charge in [0.25, 0.3) is 11.5 Å². The number of nitrogens with zero attached hydrogens (tertiary/aromatic N) is 1. The van der Waals surface area contributed by atoms with Gasteiger partial charge in [0.15, 0.2) is 11.5 Å². The van der Waals surface area contributed by atoms with Gasteiger partial charge in [0.1, 0.15) is 11.6 Å². The Labute approximate surface area is 150 Å². The van der Waals surface area contributed by atoms with Crippen LogP contribution in [-0.2, 0) is 6.42 Å². The van der Waals surface area contributed by atoms with Crippen molar-refractivity contribution in [2.75, 3.05) is 20.3 Å². The molecule has 26 heavy (non-hydrogen) atoms. The van der Waals surface area contributed by atoms with Crippen LogP contribution in [0.15, 0.2) is 29.1 Å². The highest BCUT2D eigenvalue weighted by molar-refractivity contribution is 5.95. The number of hydrogen-bond donors (Lipinski definition) is 2. The largest absolute Gasteiger partial charge is 0.493 e. The summed E-state index contributed by atoms with van der Waals surface area (Å²) in [6.45, 7) is 2.53. The first-order valence-electron chi connectivity index (χ1n) is 8.24. The zero-order chi connectivity index (χ0) is 18.7. The summed E-state index contributed by atoms with van der Waals surface area (Å²) >= 11 is 0. The summed E-state index contributed by atoms with van der Waals surface area (Å²) in [6, 6.07) is 8.86. The molecule has 1 amide bonds. The number of pyridine rings is 1. The molecule has 1 aliphatic rings. The molecule has 1 atom stereocenters. The number of rotatable bonds is 4. The zero-order valence-corrected chi connectivity index (χ0v) is 14.6. The summed E-state index contributed by atoms with van der Waals surface area (Å²) in [5.74, 6) is 1.26. The van der Waals surface area contributed by atoms with Gasteiger partial charge >= 0.3 is 0 Å². The highest BCUT2D eigenvalue weighted by Crippen LogP contribution is 2.35. The molecule has 1 unspecified atom stereocenters. The van der Waals surface area contributed by atoms with Crippen molar-refractivity contribution in [1.29, 1.82) is 5.26 Å². The average Bonchev–Trinajstić information content (AvgIpc) is 2.65. The number of amides is 1. The van der Waals surface area contributed by atoms with Gasteiger partial charge in [-0.3, -0.25) is 9.59 Å². The van der Waals surface area contributed by atoms with Gasteiger partial charge in [-0.05, 0) is 31.0 Å². The molecule has 7 heteroatoms. The fraction of sp³-hybridized carbons (Fsp3) is 0.316. The van der Waals surface area contributed by atoms with Crippen molar-refractivity contribution < 1.29 is 14.3 Å². The van der Waals surface area contributed by atoms with Gasteiger partial charge in [-0.25, -0.2) is 0 Å². The summed E-state index contributed by atoms with van der Waals surface area (Å²) in [7, 11) is 1.60. The second-order valence-corrected chi connectivity index (χ2v) is 6.20. The number of benzene rings is 1. The quantitative estimate of drug-likeness (QED) is 0.868. The lowest BCUT2D eigenvalue weighted by atomic mass is 9.96. The second-order valence-electron chi connectivity index (χ2n) is 6.20. The first-order valence-corrected chi connectivity index (χ1v) is 8.24. The normalized spacial score (nSPS) is 15.3. The monoisotopic (exact) mass is 353 g/mol. The minimum atomic E-state index is -0.493. The predicted molar refractivity (Wildman–Crippen MR) is 94.5 cm³/mol. The number of aryl methyl sites for hydroxylation is 1. The summed E-state index contributed by atoms with van der Waals surface area (Å²) in [6.07, 6.45) is 0.765. The number of fused-ring (bicyclic) bond motifs is 1. The van der Waals surface area contributed by atoms with Crippen LogP contribution >= 0.6 is 0 Å². The van der Waals surface area contributed by atoms with E-state index in [1.54, 1.807) is 20.1 Å². The van der Waals surface area contributed by atoms with Gasteiger partial charge in [-0.2, -0.15) is 5.26 Å². The lowest BCUT2D eigenvalue weighted by molar-refractivity contribution is 0.0937. The molecule has 1 aromatic heterocycles. The van der Waals surface area contributed by atoms with Crippen molar-refractivity contribution >= 4 is 5.91 Å². The van der Waals surface area contributed by atoms with E-state index in [0.717, 1.165) is 17.7 Å². The molecule has 2 N–H and O–H groups in total. The number of aromatic nitrogens is 1. The van der Waals surface area contributed by atoms with Gasteiger partial charge < -0.3 is 19.8 Å². The van der Waals surface area contributed by atoms with Gasteiger partial charge in [-0.1, -0.05) is 12.1 Å². The third-order valence-electron chi connectivity index (χ3n) is 4.41. The van der Waals surface area contributed by atoms with Crippen molar-refractivity contribution in [3.05, 3.63) is 57.0 Å². The number of carbonyl (C=O) groups is 1. The van der Waals surface area contributed by atoms with Gasteiger partial charge in [0.05, 0.1) is 19.3 Å². The minimum absolute atomic E-state index is 0.0808. The van der Waals surface area contributed by atoms with Crippen LogP contribution in [0.5, 0.6) is 11.5 Å². The SMILES string of the molecule is COc1cccc2c1OCC(CNC(=O)c1cc(C#N)c(=O)[nH]c1C)C2. The number of para-hydroxylation sites is 1. The predicted octanol–water partition coefficient (Wildman–Crippen LogP) is 1.54. The van der Waals surface area contributed by atoms with Crippen molar-refractivity contribution in [2.45, 2.75) is 13.3 Å². The van der Waals surface area contributed by atoms with E-state index in [-0.39, 0.29) is 17.4 Å². The molecule has 0 bridgehead atoms. The summed E-state index contributed by atoms with van der Waals surface area (Å²) in [4.78, 5) is 26.5. The van der Waals surface area contributed by atoms with E-state index >= 15 is 0 Å². The van der Waals surface area contributed by atoms with Crippen LogP contribution in [0.4, 0.5) is 0 Å². The molecule has 134 valence electrons. The Kier molecular flexibility index (Phi) is 4.94. The topological polar surface area (TPSA) is 104 Å². The van der Waals surface area contributed by atoms with Crippen LogP contribution in [0.1, 0.15) is 27.2 Å². The molecule has 0 radical (unpaired) electrons. The molecule has 0 saturated heterocycles. The Morgan fingerprint density at radius 2 is 2.31 bits per heavy atom. The number of nitriles is 1. The van der Waals surface area contributed by atoms with Gasteiger partial charge in [-0.15, -0.1) is 0 Å². The van der Waals surface area contributed by atoms with Crippen LogP contribution in [0.25, 0.3) is 0 Å². The second kappa shape index (κ2) is 7.31. The van der Waals surface area contributed by atoms with E-state index in [1.165, 1.54) is 6.07 Å². The van der Waals surface area contributed by atoms with E-state index < -0.39 is 5.56 Å². The van der Waals surface area contributed by atoms with E-state index in [2.05, 4.69) is 10.3 Å². The Morgan fingerprint density at radius 1 is 1.50 bits per heavy atom. The van der Waals surface area contributed by atoms with Crippen molar-refractivity contribution in [2.24, 2.45) is 5.92 Å². The molecule has 0 spiro atoms. The third kappa shape index (κ3) is 3.40. The molecular formula is C19H19N3O4. The van der Waals surface area contributed by atoms with Crippen LogP contribution in [0, 0.1) is 24.2 Å². The number of carbonyl (C=O) groups excluding carboxylic acids is 1. The minimum Gasteiger partial charge on any atom is -0.493 e. The number of aromatic amines is 1. The van der Waals surface area contributed by atoms with Crippen molar-refractivity contribution in [3.63, 3.8) is 0 Å². The lowest BCUT2D eigenvalue weighted by Crippen LogP contribution is -2.35. The Balaban J connectivity index is 1.68. The van der Waals surface area contributed by atoms with E-state index in [4.69, 9.17) is 14.7 Å². The van der Waals surface area contributed by atoms with E-state index in [9.17, 15) is 9.59 Å². The number of H-pyrrole nitrogens is 1. The number of methoxy groups -OCH3 is 1. The van der Waals surface area contributed by atoms with Gasteiger partial charge in [0.2, 0.25) is 0 Å². The van der Waals surface area contributed by atoms with Crippen LogP contribution < -0.4 is 20.3 Å². The van der Waals surface area contributed by atoms with Crippen molar-refractivity contribution in [3.8, 4) is 17.6 Å². The van der Waals surface area contributed by atoms with Crippen LogP contribution in [-0.4, -0.2) is 31.2 Å². The Morgan fingerprint density at radius 3 is 3.04 bits per heavy atom. The van der Waals surface area contributed by atoms with Crippen molar-refractivity contribution in [1.82, 2.24) is 10.3 Å². The van der Waals surface area contributed by atoms with E-state index in [0.29, 0.717) is 30.2 Å². The van der Waals surface area contributed by atoms with Crippen LogP contribution in [0.2, 0.25) is 0 Å². The molecule has 0 aliphatic carbocycles. The first kappa shape index (κ1) is 17.5. The number of nitrogens with one attached hydrogen (secondary N) is 2. The van der Waals surface area contributed by atoms with Gasteiger partial charge in [0, 0.05) is 18.2 Å². The number of hydrogen-bond acceptors (Lipinski definition) is 5. The molecule has 0 saturated carbocycles. The molecular weight excluding hydrogens is 334 g/mol. The van der Waals surface area contributed by atoms with Crippen LogP contribution in [0.3, 0.4) is 0 Å². The summed E-state index contributed by atoms with van der Waals surface area (Å²) < 4.78 is 11.1. The molecule has 7 nitrogen and oxygen atoms in total. The average molecular weight is 353 g/mol. The maximum Gasteiger partial charge on any atom is 0.266 e. The molecule has 2 aromatic rings. The third-order valence-corrected chi connectivity index (χ3v) is 4.41. The smallest absolute Gasteiger partial charge is 0.266 e. The number of ether oxygens (including phenoxy) is 2. The molecule has 1 aliphatic heterocycles. The standard InChI is InChI=1S/C19H19N3O4/c1-11-15(7-14(8-20)18(23)22-11)19(24)21-9-12-6-13-4-3-5-16(25-2)17(13)26-10-12/h3-5,7,12H,6,9-10H2,1-2H3,(H,21,24)(H,22,23). The zero-order valence-electron chi connectivity index (χ0n) is 14.6. The Bertz CT molecular complexity index is 943. The Hall–Kier alpha value is -3.27. The summed E-state index contributed by atoms with van der Waals surface area (Å²) in [5.41, 5.74) is 1.19. The maximum atomic E-state index is 12.4. The lowest BCUT2D eigenvalue weighted by Gasteiger charge is -2.26. The highest BCUT2D eigenvalue weighted by Gasteiger charge is 2.23.